The summed E-state index contributed by atoms with van der Waals surface area (Å²) in [5.74, 6) is -0.270. The number of nitrogens with two attached hydrogens (primary N) is 1. The average molecular weight is 357 g/mol. The molecule has 1 saturated heterocycles. The minimum Gasteiger partial charge on any atom is -0.465 e. The SMILES string of the molecule is NCc1ccc(F)c(-c2cccc(CC[C@H]3CNCCN3C(=O)O)c2)c1. The molecular formula is C20H24FN3O2. The minimum absolute atomic E-state index is 0.0396. The van der Waals surface area contributed by atoms with Gasteiger partial charge in [0.15, 0.2) is 0 Å². The number of hydrogen-bond donors (Lipinski definition) is 3. The van der Waals surface area contributed by atoms with Gasteiger partial charge in [0.2, 0.25) is 0 Å². The molecule has 2 aromatic carbocycles. The lowest BCUT2D eigenvalue weighted by molar-refractivity contribution is 0.109. The van der Waals surface area contributed by atoms with Crippen molar-refractivity contribution in [1.82, 2.24) is 10.2 Å². The Morgan fingerprint density at radius 3 is 2.88 bits per heavy atom. The molecule has 1 amide bonds. The quantitative estimate of drug-likeness (QED) is 0.769. The predicted molar refractivity (Wildman–Crippen MR) is 99.4 cm³/mol. The molecule has 1 aliphatic heterocycles. The summed E-state index contributed by atoms with van der Waals surface area (Å²) in [6.07, 6.45) is 0.599. The molecular weight excluding hydrogens is 333 g/mol. The zero-order valence-corrected chi connectivity index (χ0v) is 14.6. The van der Waals surface area contributed by atoms with Crippen LogP contribution in [0.3, 0.4) is 0 Å². The van der Waals surface area contributed by atoms with Crippen LogP contribution >= 0.6 is 0 Å². The minimum atomic E-state index is -0.870. The highest BCUT2D eigenvalue weighted by atomic mass is 19.1. The van der Waals surface area contributed by atoms with Gasteiger partial charge in [0.05, 0.1) is 0 Å². The number of benzene rings is 2. The molecule has 1 atom stereocenters. The average Bonchev–Trinajstić information content (AvgIpc) is 2.67. The molecule has 1 heterocycles. The second-order valence-electron chi connectivity index (χ2n) is 6.59. The smallest absolute Gasteiger partial charge is 0.407 e. The summed E-state index contributed by atoms with van der Waals surface area (Å²) in [5, 5.41) is 12.6. The van der Waals surface area contributed by atoms with Gasteiger partial charge >= 0.3 is 6.09 Å². The van der Waals surface area contributed by atoms with Gasteiger partial charge in [-0.2, -0.15) is 0 Å². The van der Waals surface area contributed by atoms with Crippen LogP contribution in [0.25, 0.3) is 11.1 Å². The summed E-state index contributed by atoms with van der Waals surface area (Å²) in [5.41, 5.74) is 8.97. The van der Waals surface area contributed by atoms with Gasteiger partial charge < -0.3 is 21.1 Å². The third-order valence-electron chi connectivity index (χ3n) is 4.87. The molecule has 26 heavy (non-hydrogen) atoms. The number of aryl methyl sites for hydroxylation is 1. The Hall–Kier alpha value is -2.44. The molecule has 4 N–H and O–H groups in total. The van der Waals surface area contributed by atoms with E-state index in [1.165, 1.54) is 11.0 Å². The van der Waals surface area contributed by atoms with E-state index in [2.05, 4.69) is 5.32 Å². The van der Waals surface area contributed by atoms with E-state index in [0.717, 1.165) is 29.5 Å². The molecule has 0 unspecified atom stereocenters. The molecule has 138 valence electrons. The highest BCUT2D eigenvalue weighted by Crippen LogP contribution is 2.25. The molecule has 0 spiro atoms. The first-order chi connectivity index (χ1) is 12.6. The van der Waals surface area contributed by atoms with E-state index in [4.69, 9.17) is 5.73 Å². The summed E-state index contributed by atoms with van der Waals surface area (Å²) in [6, 6.07) is 12.6. The summed E-state index contributed by atoms with van der Waals surface area (Å²) < 4.78 is 14.2. The number of nitrogens with zero attached hydrogens (tertiary/aromatic N) is 1. The van der Waals surface area contributed by atoms with E-state index in [1.54, 1.807) is 12.1 Å². The predicted octanol–water partition coefficient (Wildman–Crippen LogP) is 2.84. The molecule has 0 aromatic heterocycles. The number of amides is 1. The number of nitrogens with one attached hydrogen (secondary N) is 1. The molecule has 5 nitrogen and oxygen atoms in total. The van der Waals surface area contributed by atoms with E-state index < -0.39 is 6.09 Å². The number of hydrogen-bond acceptors (Lipinski definition) is 3. The van der Waals surface area contributed by atoms with Gasteiger partial charge in [0.25, 0.3) is 0 Å². The van der Waals surface area contributed by atoms with Crippen LogP contribution in [-0.4, -0.2) is 41.8 Å². The van der Waals surface area contributed by atoms with Gasteiger partial charge in [-0.3, -0.25) is 0 Å². The van der Waals surface area contributed by atoms with E-state index in [9.17, 15) is 14.3 Å². The molecule has 0 saturated carbocycles. The lowest BCUT2D eigenvalue weighted by atomic mass is 9.97. The fourth-order valence-corrected chi connectivity index (χ4v) is 3.42. The lowest BCUT2D eigenvalue weighted by Crippen LogP contribution is -2.53. The molecule has 0 radical (unpaired) electrons. The van der Waals surface area contributed by atoms with E-state index >= 15 is 0 Å². The third kappa shape index (κ3) is 4.20. The Kier molecular flexibility index (Phi) is 5.85. The zero-order valence-electron chi connectivity index (χ0n) is 14.6. The van der Waals surface area contributed by atoms with Gasteiger partial charge in [0.1, 0.15) is 5.82 Å². The molecule has 1 aliphatic rings. The molecule has 1 fully saturated rings. The number of halogens is 1. The van der Waals surface area contributed by atoms with E-state index in [-0.39, 0.29) is 11.9 Å². The number of piperazine rings is 1. The van der Waals surface area contributed by atoms with Crippen LogP contribution in [0.15, 0.2) is 42.5 Å². The van der Waals surface area contributed by atoms with Crippen LogP contribution in [0.4, 0.5) is 9.18 Å². The normalized spacial score (nSPS) is 17.3. The van der Waals surface area contributed by atoms with Gasteiger partial charge in [-0.25, -0.2) is 9.18 Å². The summed E-state index contributed by atoms with van der Waals surface area (Å²) >= 11 is 0. The van der Waals surface area contributed by atoms with Crippen molar-refractivity contribution < 1.29 is 14.3 Å². The Balaban J connectivity index is 1.74. The molecule has 0 aliphatic carbocycles. The zero-order chi connectivity index (χ0) is 18.5. The van der Waals surface area contributed by atoms with Crippen molar-refractivity contribution in [3.8, 4) is 11.1 Å². The molecule has 0 bridgehead atoms. The van der Waals surface area contributed by atoms with Gasteiger partial charge in [-0.15, -0.1) is 0 Å². The number of carboxylic acid groups (broad SMARTS) is 1. The Morgan fingerprint density at radius 2 is 2.12 bits per heavy atom. The van der Waals surface area contributed by atoms with Crippen molar-refractivity contribution in [1.29, 1.82) is 0 Å². The first-order valence-corrected chi connectivity index (χ1v) is 8.86. The van der Waals surface area contributed by atoms with Crippen molar-refractivity contribution >= 4 is 6.09 Å². The number of rotatable bonds is 5. The van der Waals surface area contributed by atoms with Crippen molar-refractivity contribution in [2.45, 2.75) is 25.4 Å². The highest BCUT2D eigenvalue weighted by molar-refractivity contribution is 5.66. The van der Waals surface area contributed by atoms with Crippen molar-refractivity contribution in [3.63, 3.8) is 0 Å². The third-order valence-corrected chi connectivity index (χ3v) is 4.87. The Labute approximate surface area is 152 Å². The van der Waals surface area contributed by atoms with Crippen LogP contribution in [0.2, 0.25) is 0 Å². The molecule has 6 heteroatoms. The van der Waals surface area contributed by atoms with Crippen molar-refractivity contribution in [3.05, 3.63) is 59.4 Å². The first kappa shape index (κ1) is 18.4. The summed E-state index contributed by atoms with van der Waals surface area (Å²) in [4.78, 5) is 12.9. The number of carbonyl (C=O) groups is 1. The van der Waals surface area contributed by atoms with Crippen molar-refractivity contribution in [2.24, 2.45) is 5.73 Å². The van der Waals surface area contributed by atoms with Crippen LogP contribution < -0.4 is 11.1 Å². The first-order valence-electron chi connectivity index (χ1n) is 8.86. The standard InChI is InChI=1S/C20H24FN3O2/c21-19-7-5-15(12-22)11-18(19)16-3-1-2-14(10-16)4-6-17-13-23-8-9-24(17)20(25)26/h1-3,5,7,10-11,17,23H,4,6,8-9,12-13,22H2,(H,25,26)/t17-/m0/s1. The summed E-state index contributed by atoms with van der Waals surface area (Å²) in [6.45, 7) is 2.23. The maximum Gasteiger partial charge on any atom is 0.407 e. The molecule has 2 aromatic rings. The molecule has 3 rings (SSSR count). The highest BCUT2D eigenvalue weighted by Gasteiger charge is 2.25. The van der Waals surface area contributed by atoms with Gasteiger partial charge in [-0.1, -0.05) is 30.3 Å². The Morgan fingerprint density at radius 1 is 1.27 bits per heavy atom. The maximum atomic E-state index is 14.2. The van der Waals surface area contributed by atoms with Crippen LogP contribution in [0.1, 0.15) is 17.5 Å². The fourth-order valence-electron chi connectivity index (χ4n) is 3.42. The van der Waals surface area contributed by atoms with Crippen LogP contribution in [0.5, 0.6) is 0 Å². The maximum absolute atomic E-state index is 14.2. The van der Waals surface area contributed by atoms with Gasteiger partial charge in [0, 0.05) is 37.8 Å². The second kappa shape index (κ2) is 8.29. The largest absolute Gasteiger partial charge is 0.465 e. The topological polar surface area (TPSA) is 78.6 Å². The lowest BCUT2D eigenvalue weighted by Gasteiger charge is -2.34. The van der Waals surface area contributed by atoms with E-state index in [0.29, 0.717) is 31.7 Å². The monoisotopic (exact) mass is 357 g/mol. The second-order valence-corrected chi connectivity index (χ2v) is 6.59. The van der Waals surface area contributed by atoms with Crippen LogP contribution in [-0.2, 0) is 13.0 Å². The van der Waals surface area contributed by atoms with Crippen molar-refractivity contribution in [2.75, 3.05) is 19.6 Å². The van der Waals surface area contributed by atoms with Gasteiger partial charge in [-0.05, 0) is 41.7 Å². The Bertz CT molecular complexity index is 781. The van der Waals surface area contributed by atoms with Crippen LogP contribution in [0, 0.1) is 5.82 Å². The van der Waals surface area contributed by atoms with E-state index in [1.807, 2.05) is 24.3 Å². The summed E-state index contributed by atoms with van der Waals surface area (Å²) in [7, 11) is 0. The fraction of sp³-hybridized carbons (Fsp3) is 0.350.